The Kier molecular flexibility index (Phi) is 7.12. The van der Waals surface area contributed by atoms with E-state index in [4.69, 9.17) is 16.3 Å². The lowest BCUT2D eigenvalue weighted by Crippen LogP contribution is -2.33. The van der Waals surface area contributed by atoms with Crippen LogP contribution in [0, 0.1) is 5.92 Å². The van der Waals surface area contributed by atoms with E-state index in [0.29, 0.717) is 34.4 Å². The molecule has 0 saturated heterocycles. The number of halogens is 1. The lowest BCUT2D eigenvalue weighted by molar-refractivity contribution is -0.124. The molecule has 1 N–H and O–H groups in total. The van der Waals surface area contributed by atoms with Crippen LogP contribution in [0.2, 0.25) is 5.02 Å². The number of aromatic nitrogens is 4. The van der Waals surface area contributed by atoms with E-state index in [1.54, 1.807) is 36.5 Å². The van der Waals surface area contributed by atoms with E-state index in [9.17, 15) is 9.59 Å². The molecule has 2 aromatic heterocycles. The number of amides is 1. The smallest absolute Gasteiger partial charge is 0.350 e. The van der Waals surface area contributed by atoms with E-state index >= 15 is 0 Å². The maximum absolute atomic E-state index is 13.2. The predicted octanol–water partition coefficient (Wildman–Crippen LogP) is 3.31. The predicted molar refractivity (Wildman–Crippen MR) is 120 cm³/mol. The summed E-state index contributed by atoms with van der Waals surface area (Å²) < 4.78 is 8.51. The van der Waals surface area contributed by atoms with Crippen LogP contribution in [0.15, 0.2) is 47.5 Å². The molecule has 3 rings (SSSR count). The Morgan fingerprint density at radius 2 is 1.87 bits per heavy atom. The molecule has 8 nitrogen and oxygen atoms in total. The summed E-state index contributed by atoms with van der Waals surface area (Å²) in [4.78, 5) is 29.0. The quantitative estimate of drug-likeness (QED) is 0.576. The second-order valence-electron chi connectivity index (χ2n) is 7.63. The van der Waals surface area contributed by atoms with Gasteiger partial charge in [0.05, 0.1) is 23.4 Å². The fourth-order valence-electron chi connectivity index (χ4n) is 2.95. The van der Waals surface area contributed by atoms with Crippen molar-refractivity contribution in [3.05, 3.63) is 58.2 Å². The molecule has 1 aromatic carbocycles. The van der Waals surface area contributed by atoms with Gasteiger partial charge in [0, 0.05) is 30.4 Å². The van der Waals surface area contributed by atoms with Gasteiger partial charge in [0.1, 0.15) is 5.75 Å². The highest BCUT2D eigenvalue weighted by atomic mass is 35.5. The van der Waals surface area contributed by atoms with E-state index in [0.717, 1.165) is 0 Å². The van der Waals surface area contributed by atoms with Gasteiger partial charge in [-0.15, -0.1) is 5.10 Å². The van der Waals surface area contributed by atoms with Crippen molar-refractivity contribution in [1.82, 2.24) is 24.6 Å². The van der Waals surface area contributed by atoms with E-state index in [1.165, 1.54) is 15.4 Å². The fourth-order valence-corrected chi connectivity index (χ4v) is 3.16. The number of carbonyl (C=O) groups is 1. The number of nitrogens with one attached hydrogen (secondary N) is 1. The monoisotopic (exact) mass is 443 g/mol. The van der Waals surface area contributed by atoms with Crippen LogP contribution >= 0.6 is 11.6 Å². The second-order valence-corrected chi connectivity index (χ2v) is 8.03. The molecular formula is C22H26ClN5O3. The lowest BCUT2D eigenvalue weighted by Gasteiger charge is -2.11. The van der Waals surface area contributed by atoms with Gasteiger partial charge in [-0.25, -0.2) is 14.0 Å². The summed E-state index contributed by atoms with van der Waals surface area (Å²) in [7, 11) is 0. The molecule has 1 amide bonds. The van der Waals surface area contributed by atoms with Gasteiger partial charge in [-0.3, -0.25) is 9.78 Å². The Morgan fingerprint density at radius 3 is 2.48 bits per heavy atom. The minimum atomic E-state index is -0.334. The highest BCUT2D eigenvalue weighted by Gasteiger charge is 2.19. The number of pyridine rings is 1. The normalized spacial score (nSPS) is 11.2. The average molecular weight is 444 g/mol. The number of hydrogen-bond donors (Lipinski definition) is 1. The summed E-state index contributed by atoms with van der Waals surface area (Å²) in [5.74, 6) is 0.891. The molecule has 3 aromatic rings. The van der Waals surface area contributed by atoms with E-state index in [-0.39, 0.29) is 30.2 Å². The molecule has 9 heteroatoms. The van der Waals surface area contributed by atoms with Crippen molar-refractivity contribution in [2.24, 2.45) is 5.92 Å². The van der Waals surface area contributed by atoms with Crippen molar-refractivity contribution in [1.29, 1.82) is 0 Å². The number of ether oxygens (including phenoxy) is 1. The third-order valence-corrected chi connectivity index (χ3v) is 4.77. The largest absolute Gasteiger partial charge is 0.491 e. The average Bonchev–Trinajstić information content (AvgIpc) is 3.04. The molecule has 0 spiro atoms. The SMILES string of the molecule is CC(C)Oc1ccc(-n2c(-c3ccncc3Cl)nn(CCNC(=O)C(C)C)c2=O)cc1. The van der Waals surface area contributed by atoms with Crippen LogP contribution in [-0.2, 0) is 11.3 Å². The third kappa shape index (κ3) is 5.32. The Hall–Kier alpha value is -3.13. The van der Waals surface area contributed by atoms with Crippen molar-refractivity contribution in [2.45, 2.75) is 40.3 Å². The first kappa shape index (κ1) is 22.6. The van der Waals surface area contributed by atoms with E-state index < -0.39 is 0 Å². The van der Waals surface area contributed by atoms with Crippen LogP contribution < -0.4 is 15.7 Å². The van der Waals surface area contributed by atoms with Gasteiger partial charge in [-0.2, -0.15) is 0 Å². The number of carbonyl (C=O) groups excluding carboxylic acids is 1. The van der Waals surface area contributed by atoms with Crippen LogP contribution in [0.4, 0.5) is 0 Å². The summed E-state index contributed by atoms with van der Waals surface area (Å²) in [5.41, 5.74) is 0.877. The van der Waals surface area contributed by atoms with Crippen molar-refractivity contribution in [3.8, 4) is 22.8 Å². The summed E-state index contributed by atoms with van der Waals surface area (Å²) in [6.45, 7) is 8.04. The molecule has 2 heterocycles. The van der Waals surface area contributed by atoms with Crippen molar-refractivity contribution < 1.29 is 9.53 Å². The summed E-state index contributed by atoms with van der Waals surface area (Å²) in [5, 5.41) is 7.69. The van der Waals surface area contributed by atoms with Crippen LogP contribution in [-0.4, -0.2) is 37.9 Å². The van der Waals surface area contributed by atoms with Crippen LogP contribution in [0.1, 0.15) is 27.7 Å². The molecule has 31 heavy (non-hydrogen) atoms. The Bertz CT molecular complexity index is 1100. The second kappa shape index (κ2) is 9.78. The van der Waals surface area contributed by atoms with Gasteiger partial charge in [-0.1, -0.05) is 25.4 Å². The van der Waals surface area contributed by atoms with Crippen molar-refractivity contribution >= 4 is 17.5 Å². The number of rotatable bonds is 8. The molecule has 0 aliphatic carbocycles. The molecule has 164 valence electrons. The van der Waals surface area contributed by atoms with E-state index in [1.807, 2.05) is 27.7 Å². The van der Waals surface area contributed by atoms with Crippen LogP contribution in [0.25, 0.3) is 17.1 Å². The standard InChI is InChI=1S/C22H26ClN5O3/c1-14(2)21(29)25-11-12-27-22(30)28(16-5-7-17(8-6-16)31-15(3)4)20(26-27)18-9-10-24-13-19(18)23/h5-10,13-15H,11-12H2,1-4H3,(H,25,29). The highest BCUT2D eigenvalue weighted by molar-refractivity contribution is 6.33. The summed E-state index contributed by atoms with van der Waals surface area (Å²) in [6, 6.07) is 8.91. The van der Waals surface area contributed by atoms with Crippen LogP contribution in [0.3, 0.4) is 0 Å². The number of nitrogens with zero attached hydrogens (tertiary/aromatic N) is 4. The molecule has 0 aliphatic rings. The fraction of sp³-hybridized carbons (Fsp3) is 0.364. The van der Waals surface area contributed by atoms with Crippen molar-refractivity contribution in [3.63, 3.8) is 0 Å². The van der Waals surface area contributed by atoms with Crippen LogP contribution in [0.5, 0.6) is 5.75 Å². The Balaban J connectivity index is 2.00. The third-order valence-electron chi connectivity index (χ3n) is 4.47. The Labute approximate surface area is 185 Å². The molecule has 0 bridgehead atoms. The van der Waals surface area contributed by atoms with Gasteiger partial charge in [0.15, 0.2) is 5.82 Å². The van der Waals surface area contributed by atoms with Gasteiger partial charge in [0.2, 0.25) is 5.91 Å². The zero-order valence-electron chi connectivity index (χ0n) is 18.0. The lowest BCUT2D eigenvalue weighted by atomic mass is 10.2. The van der Waals surface area contributed by atoms with Gasteiger partial charge >= 0.3 is 5.69 Å². The maximum atomic E-state index is 13.2. The van der Waals surface area contributed by atoms with Crippen molar-refractivity contribution in [2.75, 3.05) is 6.54 Å². The van der Waals surface area contributed by atoms with Gasteiger partial charge in [0.25, 0.3) is 0 Å². The van der Waals surface area contributed by atoms with Gasteiger partial charge in [-0.05, 0) is 44.2 Å². The zero-order valence-corrected chi connectivity index (χ0v) is 18.8. The molecule has 0 atom stereocenters. The molecule has 0 saturated carbocycles. The van der Waals surface area contributed by atoms with Gasteiger partial charge < -0.3 is 10.1 Å². The van der Waals surface area contributed by atoms with E-state index in [2.05, 4.69) is 15.4 Å². The first-order valence-electron chi connectivity index (χ1n) is 10.1. The maximum Gasteiger partial charge on any atom is 0.350 e. The molecule has 0 aliphatic heterocycles. The molecular weight excluding hydrogens is 418 g/mol. The first-order valence-corrected chi connectivity index (χ1v) is 10.5. The number of hydrogen-bond acceptors (Lipinski definition) is 5. The number of benzene rings is 1. The summed E-state index contributed by atoms with van der Waals surface area (Å²) >= 11 is 6.34. The topological polar surface area (TPSA) is 91.0 Å². The zero-order chi connectivity index (χ0) is 22.5. The molecule has 0 radical (unpaired) electrons. The molecule has 0 unspecified atom stereocenters. The Morgan fingerprint density at radius 1 is 1.16 bits per heavy atom. The minimum Gasteiger partial charge on any atom is -0.491 e. The summed E-state index contributed by atoms with van der Waals surface area (Å²) in [6.07, 6.45) is 3.15. The first-order chi connectivity index (χ1) is 14.8. The molecule has 0 fully saturated rings. The minimum absolute atomic E-state index is 0.0450. The highest BCUT2D eigenvalue weighted by Crippen LogP contribution is 2.27.